The summed E-state index contributed by atoms with van der Waals surface area (Å²) in [4.78, 5) is 1.48. The van der Waals surface area contributed by atoms with Crippen molar-refractivity contribution in [1.29, 1.82) is 0 Å². The van der Waals surface area contributed by atoms with Crippen LogP contribution in [-0.4, -0.2) is 20.1 Å². The van der Waals surface area contributed by atoms with E-state index in [1.54, 1.807) is 6.07 Å². The molecular formula is C23H23N3O2. The first-order valence-electron chi connectivity index (χ1n) is 9.41. The first kappa shape index (κ1) is 18.0. The van der Waals surface area contributed by atoms with Crippen LogP contribution in [0.3, 0.4) is 0 Å². The molecule has 0 bridgehead atoms. The maximum absolute atomic E-state index is 11.1. The fourth-order valence-electron chi connectivity index (χ4n) is 3.10. The van der Waals surface area contributed by atoms with Gasteiger partial charge in [-0.15, -0.1) is 15.0 Å². The van der Waals surface area contributed by atoms with E-state index in [1.807, 2.05) is 60.7 Å². The van der Waals surface area contributed by atoms with Gasteiger partial charge in [-0.05, 0) is 42.2 Å². The Morgan fingerprint density at radius 1 is 0.893 bits per heavy atom. The zero-order valence-corrected chi connectivity index (χ0v) is 16.3. The summed E-state index contributed by atoms with van der Waals surface area (Å²) in [7, 11) is 0. The molecule has 0 unspecified atom stereocenters. The summed E-state index contributed by atoms with van der Waals surface area (Å²) in [5.41, 5.74) is 2.61. The predicted molar refractivity (Wildman–Crippen MR) is 110 cm³/mol. The average molecular weight is 373 g/mol. The first-order chi connectivity index (χ1) is 13.5. The van der Waals surface area contributed by atoms with Crippen molar-refractivity contribution in [2.45, 2.75) is 32.6 Å². The number of benzene rings is 3. The summed E-state index contributed by atoms with van der Waals surface area (Å²) in [6.07, 6.45) is 0.864. The maximum atomic E-state index is 11.1. The van der Waals surface area contributed by atoms with Crippen LogP contribution in [0.25, 0.3) is 16.7 Å². The Morgan fingerprint density at radius 2 is 1.50 bits per heavy atom. The summed E-state index contributed by atoms with van der Waals surface area (Å²) >= 11 is 0. The molecule has 1 heterocycles. The number of hydrogen-bond donors (Lipinski definition) is 1. The van der Waals surface area contributed by atoms with E-state index in [-0.39, 0.29) is 11.2 Å². The van der Waals surface area contributed by atoms with E-state index in [9.17, 15) is 5.11 Å². The van der Waals surface area contributed by atoms with Crippen LogP contribution < -0.4 is 4.74 Å². The minimum Gasteiger partial charge on any atom is -0.505 e. The second kappa shape index (κ2) is 7.00. The van der Waals surface area contributed by atoms with Gasteiger partial charge in [0.05, 0.1) is 0 Å². The number of phenolic OH excluding ortho intramolecular Hbond substituents is 1. The van der Waals surface area contributed by atoms with E-state index in [4.69, 9.17) is 4.74 Å². The number of fused-ring (bicyclic) bond motifs is 1. The zero-order chi connectivity index (χ0) is 19.7. The number of phenols is 1. The van der Waals surface area contributed by atoms with Gasteiger partial charge in [0.1, 0.15) is 34.0 Å². The van der Waals surface area contributed by atoms with Gasteiger partial charge < -0.3 is 9.84 Å². The molecule has 4 rings (SSSR count). The van der Waals surface area contributed by atoms with Crippen LogP contribution in [0.15, 0.2) is 66.7 Å². The summed E-state index contributed by atoms with van der Waals surface area (Å²) in [5, 5.41) is 20.1. The molecule has 0 fully saturated rings. The quantitative estimate of drug-likeness (QED) is 0.494. The number of rotatable bonds is 5. The predicted octanol–water partition coefficient (Wildman–Crippen LogP) is 5.61. The van der Waals surface area contributed by atoms with E-state index >= 15 is 0 Å². The van der Waals surface area contributed by atoms with Crippen LogP contribution in [0.2, 0.25) is 0 Å². The van der Waals surface area contributed by atoms with Crippen LogP contribution in [0.4, 0.5) is 0 Å². The maximum Gasteiger partial charge on any atom is 0.147 e. The van der Waals surface area contributed by atoms with Crippen molar-refractivity contribution in [3.8, 4) is 22.9 Å². The number of hydrogen-bond acceptors (Lipinski definition) is 4. The number of aromatic nitrogens is 3. The molecule has 142 valence electrons. The third-order valence-electron chi connectivity index (χ3n) is 5.16. The highest BCUT2D eigenvalue weighted by molar-refractivity contribution is 5.74. The van der Waals surface area contributed by atoms with Crippen molar-refractivity contribution >= 4 is 11.0 Å². The molecule has 0 saturated carbocycles. The fourth-order valence-corrected chi connectivity index (χ4v) is 3.10. The third kappa shape index (κ3) is 3.31. The van der Waals surface area contributed by atoms with Gasteiger partial charge in [0.25, 0.3) is 0 Å². The Balaban J connectivity index is 1.88. The van der Waals surface area contributed by atoms with Crippen molar-refractivity contribution in [1.82, 2.24) is 15.0 Å². The lowest BCUT2D eigenvalue weighted by atomic mass is 9.81. The molecular weight excluding hydrogens is 350 g/mol. The van der Waals surface area contributed by atoms with E-state index in [1.165, 1.54) is 4.80 Å². The highest BCUT2D eigenvalue weighted by Crippen LogP contribution is 2.41. The molecule has 4 aromatic rings. The average Bonchev–Trinajstić information content (AvgIpc) is 3.14. The summed E-state index contributed by atoms with van der Waals surface area (Å²) in [5.74, 6) is 1.54. The summed E-state index contributed by atoms with van der Waals surface area (Å²) in [6, 6.07) is 20.9. The van der Waals surface area contributed by atoms with Crippen LogP contribution in [0.1, 0.15) is 32.8 Å². The number of nitrogens with zero attached hydrogens (tertiary/aromatic N) is 3. The van der Waals surface area contributed by atoms with Gasteiger partial charge in [-0.1, -0.05) is 51.1 Å². The van der Waals surface area contributed by atoms with Gasteiger partial charge in [0.2, 0.25) is 0 Å². The Kier molecular flexibility index (Phi) is 4.51. The smallest absolute Gasteiger partial charge is 0.147 e. The fraction of sp³-hybridized carbons (Fsp3) is 0.217. The van der Waals surface area contributed by atoms with Gasteiger partial charge in [0, 0.05) is 11.6 Å². The van der Waals surface area contributed by atoms with Crippen molar-refractivity contribution in [2.24, 2.45) is 0 Å². The van der Waals surface area contributed by atoms with Crippen molar-refractivity contribution in [2.75, 3.05) is 0 Å². The van der Waals surface area contributed by atoms with Gasteiger partial charge in [-0.3, -0.25) is 0 Å². The molecule has 0 aliphatic rings. The molecule has 0 aliphatic carbocycles. The minimum atomic E-state index is -0.235. The molecule has 0 radical (unpaired) electrons. The molecule has 5 heteroatoms. The molecule has 3 aromatic carbocycles. The highest BCUT2D eigenvalue weighted by atomic mass is 16.5. The number of para-hydroxylation sites is 1. The minimum absolute atomic E-state index is 0.174. The van der Waals surface area contributed by atoms with Crippen LogP contribution in [0.5, 0.6) is 17.2 Å². The standard InChI is InChI=1S/C23H23N3O2/c1-4-23(2,3)18-14-17(28-16-10-6-5-7-11-16)15-21(22(18)27)26-24-19-12-8-9-13-20(19)25-26/h5-15,27H,4H2,1-3H3. The van der Waals surface area contributed by atoms with Crippen LogP contribution in [0, 0.1) is 0 Å². The molecule has 0 amide bonds. The molecule has 0 saturated heterocycles. The lowest BCUT2D eigenvalue weighted by molar-refractivity contribution is 0.416. The third-order valence-corrected chi connectivity index (χ3v) is 5.16. The Morgan fingerprint density at radius 3 is 2.11 bits per heavy atom. The topological polar surface area (TPSA) is 60.2 Å². The lowest BCUT2D eigenvalue weighted by Gasteiger charge is -2.26. The molecule has 0 atom stereocenters. The first-order valence-corrected chi connectivity index (χ1v) is 9.41. The van der Waals surface area contributed by atoms with Crippen LogP contribution in [-0.2, 0) is 5.41 Å². The Bertz CT molecular complexity index is 1080. The van der Waals surface area contributed by atoms with E-state index in [0.717, 1.165) is 28.8 Å². The Labute approximate surface area is 164 Å². The van der Waals surface area contributed by atoms with Gasteiger partial charge in [-0.25, -0.2) is 0 Å². The normalized spacial score (nSPS) is 11.7. The number of aromatic hydroxyl groups is 1. The second-order valence-electron chi connectivity index (χ2n) is 7.47. The van der Waals surface area contributed by atoms with Crippen molar-refractivity contribution in [3.63, 3.8) is 0 Å². The molecule has 0 aliphatic heterocycles. The highest BCUT2D eigenvalue weighted by Gasteiger charge is 2.26. The van der Waals surface area contributed by atoms with Crippen LogP contribution >= 0.6 is 0 Å². The summed E-state index contributed by atoms with van der Waals surface area (Å²) < 4.78 is 6.07. The second-order valence-corrected chi connectivity index (χ2v) is 7.47. The molecule has 5 nitrogen and oxygen atoms in total. The van der Waals surface area contributed by atoms with Gasteiger partial charge in [-0.2, -0.15) is 0 Å². The number of ether oxygens (including phenoxy) is 1. The van der Waals surface area contributed by atoms with E-state index in [2.05, 4.69) is 31.0 Å². The van der Waals surface area contributed by atoms with E-state index < -0.39 is 0 Å². The molecule has 28 heavy (non-hydrogen) atoms. The van der Waals surface area contributed by atoms with Crippen molar-refractivity contribution < 1.29 is 9.84 Å². The molecule has 0 spiro atoms. The monoisotopic (exact) mass is 373 g/mol. The SMILES string of the molecule is CCC(C)(C)c1cc(Oc2ccccc2)cc(-n2nc3ccccc3n2)c1O. The zero-order valence-electron chi connectivity index (χ0n) is 16.3. The molecule has 1 N–H and O–H groups in total. The molecule has 1 aromatic heterocycles. The van der Waals surface area contributed by atoms with Gasteiger partial charge in [0.15, 0.2) is 0 Å². The Hall–Kier alpha value is -3.34. The van der Waals surface area contributed by atoms with E-state index in [0.29, 0.717) is 11.4 Å². The van der Waals surface area contributed by atoms with Gasteiger partial charge >= 0.3 is 0 Å². The summed E-state index contributed by atoms with van der Waals surface area (Å²) in [6.45, 7) is 6.31. The van der Waals surface area contributed by atoms with Crippen molar-refractivity contribution in [3.05, 3.63) is 72.3 Å². The largest absolute Gasteiger partial charge is 0.505 e. The lowest BCUT2D eigenvalue weighted by Crippen LogP contribution is -2.17.